The SMILES string of the molecule is Oc1cc(F)c(-c2cnc3cnc(-c4cccc(C(F)(F)F)c4)cn23)c(F)c1. The van der Waals surface area contributed by atoms with Crippen LogP contribution < -0.4 is 0 Å². The fourth-order valence-corrected chi connectivity index (χ4v) is 2.88. The number of nitrogens with zero attached hydrogens (tertiary/aromatic N) is 3. The molecule has 2 heterocycles. The Kier molecular flexibility index (Phi) is 4.02. The number of phenolic OH excluding ortho intramolecular Hbond substituents is 1. The summed E-state index contributed by atoms with van der Waals surface area (Å²) in [4.78, 5) is 8.10. The molecule has 28 heavy (non-hydrogen) atoms. The highest BCUT2D eigenvalue weighted by Gasteiger charge is 2.30. The molecule has 0 spiro atoms. The number of phenols is 1. The number of imidazole rings is 1. The van der Waals surface area contributed by atoms with Gasteiger partial charge in [-0.25, -0.2) is 13.8 Å². The summed E-state index contributed by atoms with van der Waals surface area (Å²) in [7, 11) is 0. The van der Waals surface area contributed by atoms with Gasteiger partial charge in [0.25, 0.3) is 0 Å². The highest BCUT2D eigenvalue weighted by Crippen LogP contribution is 2.33. The zero-order chi connectivity index (χ0) is 20.1. The molecule has 0 radical (unpaired) electrons. The van der Waals surface area contributed by atoms with Gasteiger partial charge in [-0.15, -0.1) is 0 Å². The molecule has 0 saturated heterocycles. The second kappa shape index (κ2) is 6.29. The molecular weight excluding hydrogens is 381 g/mol. The minimum atomic E-state index is -4.52. The summed E-state index contributed by atoms with van der Waals surface area (Å²) in [5, 5.41) is 9.31. The highest BCUT2D eigenvalue weighted by atomic mass is 19.4. The molecule has 9 heteroatoms. The molecule has 0 aliphatic carbocycles. The van der Waals surface area contributed by atoms with Crippen LogP contribution in [0.3, 0.4) is 0 Å². The van der Waals surface area contributed by atoms with Crippen LogP contribution in [-0.2, 0) is 6.18 Å². The lowest BCUT2D eigenvalue weighted by Gasteiger charge is -2.10. The van der Waals surface area contributed by atoms with Gasteiger partial charge in [0.15, 0.2) is 5.65 Å². The van der Waals surface area contributed by atoms with Gasteiger partial charge in [0, 0.05) is 23.9 Å². The van der Waals surface area contributed by atoms with Crippen LogP contribution in [0.15, 0.2) is 55.0 Å². The van der Waals surface area contributed by atoms with Crippen LogP contribution in [0.4, 0.5) is 22.0 Å². The van der Waals surface area contributed by atoms with E-state index in [-0.39, 0.29) is 22.6 Å². The molecule has 0 saturated carbocycles. The second-order valence-corrected chi connectivity index (χ2v) is 6.01. The summed E-state index contributed by atoms with van der Waals surface area (Å²) >= 11 is 0. The number of aromatic nitrogens is 3. The Morgan fingerprint density at radius 1 is 0.929 bits per heavy atom. The molecule has 0 bridgehead atoms. The average molecular weight is 391 g/mol. The molecule has 0 aliphatic rings. The van der Waals surface area contributed by atoms with Crippen LogP contribution in [0.1, 0.15) is 5.56 Å². The first-order valence-electron chi connectivity index (χ1n) is 7.93. The van der Waals surface area contributed by atoms with Crippen LogP contribution in [0.2, 0.25) is 0 Å². The van der Waals surface area contributed by atoms with Gasteiger partial charge in [-0.1, -0.05) is 12.1 Å². The topological polar surface area (TPSA) is 50.4 Å². The number of benzene rings is 2. The van der Waals surface area contributed by atoms with Gasteiger partial charge >= 0.3 is 6.18 Å². The molecule has 142 valence electrons. The second-order valence-electron chi connectivity index (χ2n) is 6.01. The monoisotopic (exact) mass is 391 g/mol. The smallest absolute Gasteiger partial charge is 0.416 e. The predicted molar refractivity (Wildman–Crippen MR) is 90.4 cm³/mol. The highest BCUT2D eigenvalue weighted by molar-refractivity contribution is 5.68. The third kappa shape index (κ3) is 3.04. The lowest BCUT2D eigenvalue weighted by Crippen LogP contribution is -2.04. The fourth-order valence-electron chi connectivity index (χ4n) is 2.88. The van der Waals surface area contributed by atoms with Crippen molar-refractivity contribution in [1.82, 2.24) is 14.4 Å². The van der Waals surface area contributed by atoms with Crippen molar-refractivity contribution >= 4 is 5.65 Å². The van der Waals surface area contributed by atoms with E-state index in [1.165, 1.54) is 35.1 Å². The molecule has 2 aromatic carbocycles. The van der Waals surface area contributed by atoms with Gasteiger partial charge in [-0.3, -0.25) is 9.38 Å². The van der Waals surface area contributed by atoms with Crippen molar-refractivity contribution in [2.24, 2.45) is 0 Å². The van der Waals surface area contributed by atoms with E-state index in [0.29, 0.717) is 0 Å². The fraction of sp³-hybridized carbons (Fsp3) is 0.0526. The van der Waals surface area contributed by atoms with Crippen molar-refractivity contribution < 1.29 is 27.1 Å². The van der Waals surface area contributed by atoms with Gasteiger partial charge in [-0.05, 0) is 12.1 Å². The Balaban J connectivity index is 1.89. The zero-order valence-electron chi connectivity index (χ0n) is 13.9. The number of hydrogen-bond donors (Lipinski definition) is 1. The number of fused-ring (bicyclic) bond motifs is 1. The Morgan fingerprint density at radius 3 is 2.32 bits per heavy atom. The van der Waals surface area contributed by atoms with Crippen molar-refractivity contribution in [1.29, 1.82) is 0 Å². The predicted octanol–water partition coefficient (Wildman–Crippen LogP) is 5.07. The maximum absolute atomic E-state index is 14.2. The average Bonchev–Trinajstić information content (AvgIpc) is 3.03. The number of aromatic hydroxyl groups is 1. The summed E-state index contributed by atoms with van der Waals surface area (Å²) in [6, 6.07) is 6.08. The van der Waals surface area contributed by atoms with Crippen molar-refractivity contribution in [3.05, 3.63) is 72.2 Å². The van der Waals surface area contributed by atoms with Gasteiger partial charge < -0.3 is 5.11 Å². The zero-order valence-corrected chi connectivity index (χ0v) is 13.9. The quantitative estimate of drug-likeness (QED) is 0.486. The third-order valence-electron chi connectivity index (χ3n) is 4.16. The van der Waals surface area contributed by atoms with Crippen molar-refractivity contribution in [2.75, 3.05) is 0 Å². The van der Waals surface area contributed by atoms with E-state index in [0.717, 1.165) is 24.3 Å². The van der Waals surface area contributed by atoms with E-state index >= 15 is 0 Å². The van der Waals surface area contributed by atoms with E-state index in [2.05, 4.69) is 9.97 Å². The molecule has 0 aliphatic heterocycles. The summed E-state index contributed by atoms with van der Waals surface area (Å²) in [6.45, 7) is 0. The van der Waals surface area contributed by atoms with Crippen LogP contribution in [-0.4, -0.2) is 19.5 Å². The molecule has 2 aromatic heterocycles. The lowest BCUT2D eigenvalue weighted by atomic mass is 10.1. The summed E-state index contributed by atoms with van der Waals surface area (Å²) in [5.74, 6) is -2.58. The third-order valence-corrected chi connectivity index (χ3v) is 4.16. The first-order valence-corrected chi connectivity index (χ1v) is 7.93. The Bertz CT molecular complexity index is 1180. The number of rotatable bonds is 2. The van der Waals surface area contributed by atoms with Crippen LogP contribution in [0, 0.1) is 11.6 Å². The Morgan fingerprint density at radius 2 is 1.64 bits per heavy atom. The van der Waals surface area contributed by atoms with E-state index in [1.807, 2.05) is 0 Å². The standard InChI is InChI=1S/C19H10F5N3O/c20-13-5-12(28)6-14(21)18(13)16-7-26-17-8-25-15(9-27(16)17)10-2-1-3-11(4-10)19(22,23)24/h1-9,28H. The van der Waals surface area contributed by atoms with Gasteiger partial charge in [0.2, 0.25) is 0 Å². The number of halogens is 5. The molecule has 4 rings (SSSR count). The number of hydrogen-bond acceptors (Lipinski definition) is 3. The minimum absolute atomic E-state index is 0.0284. The van der Waals surface area contributed by atoms with Crippen LogP contribution in [0.25, 0.3) is 28.2 Å². The van der Waals surface area contributed by atoms with E-state index in [1.54, 1.807) is 0 Å². The largest absolute Gasteiger partial charge is 0.508 e. The molecule has 0 atom stereocenters. The summed E-state index contributed by atoms with van der Waals surface area (Å²) in [6.07, 6.45) is -0.668. The molecular formula is C19H10F5N3O. The Labute approximate surface area is 154 Å². The van der Waals surface area contributed by atoms with E-state index < -0.39 is 34.7 Å². The number of alkyl halides is 3. The normalized spacial score (nSPS) is 11.9. The Hall–Kier alpha value is -3.49. The maximum Gasteiger partial charge on any atom is 0.416 e. The molecule has 1 N–H and O–H groups in total. The maximum atomic E-state index is 14.2. The van der Waals surface area contributed by atoms with E-state index in [4.69, 9.17) is 0 Å². The van der Waals surface area contributed by atoms with Crippen molar-refractivity contribution in [2.45, 2.75) is 6.18 Å². The first-order chi connectivity index (χ1) is 13.2. The molecule has 0 amide bonds. The molecule has 0 unspecified atom stereocenters. The van der Waals surface area contributed by atoms with Gasteiger partial charge in [0.05, 0.1) is 34.9 Å². The van der Waals surface area contributed by atoms with Gasteiger partial charge in [0.1, 0.15) is 17.4 Å². The van der Waals surface area contributed by atoms with Crippen LogP contribution in [0.5, 0.6) is 5.75 Å². The first kappa shape index (κ1) is 17.9. The van der Waals surface area contributed by atoms with Crippen molar-refractivity contribution in [3.8, 4) is 28.3 Å². The molecule has 4 nitrogen and oxygen atoms in total. The van der Waals surface area contributed by atoms with Crippen molar-refractivity contribution in [3.63, 3.8) is 0 Å². The minimum Gasteiger partial charge on any atom is -0.508 e. The summed E-state index contributed by atoms with van der Waals surface area (Å²) < 4.78 is 68.6. The van der Waals surface area contributed by atoms with Crippen LogP contribution >= 0.6 is 0 Å². The molecule has 0 fully saturated rings. The summed E-state index contributed by atoms with van der Waals surface area (Å²) in [5.41, 5.74) is -0.640. The molecule has 4 aromatic rings. The lowest BCUT2D eigenvalue weighted by molar-refractivity contribution is -0.137. The van der Waals surface area contributed by atoms with Gasteiger partial charge in [-0.2, -0.15) is 13.2 Å². The van der Waals surface area contributed by atoms with E-state index in [9.17, 15) is 27.1 Å².